The predicted molar refractivity (Wildman–Crippen MR) is 41.0 cm³/mol. The number of hydrogen-bond acceptors (Lipinski definition) is 2. The van der Waals surface area contributed by atoms with Crippen LogP contribution in [0.3, 0.4) is 0 Å². The van der Waals surface area contributed by atoms with Gasteiger partial charge in [-0.25, -0.2) is 0 Å². The molecule has 1 saturated heterocycles. The molecule has 0 aromatic carbocycles. The largest absolute Gasteiger partial charge is 0.355 e. The van der Waals surface area contributed by atoms with Crippen LogP contribution in [0.4, 0.5) is 0 Å². The Hall–Kier alpha value is -0.860. The molecule has 1 unspecified atom stereocenters. The Morgan fingerprint density at radius 2 is 2.45 bits per heavy atom. The average Bonchev–Trinajstić information content (AvgIpc) is 2.33. The lowest BCUT2D eigenvalue weighted by atomic mass is 9.93. The molecule has 1 N–H and O–H groups in total. The molecule has 1 aliphatic rings. The van der Waals surface area contributed by atoms with E-state index in [1.165, 1.54) is 0 Å². The molecule has 1 amide bonds. The van der Waals surface area contributed by atoms with Gasteiger partial charge in [0.25, 0.3) is 0 Å². The standard InChI is InChI=1S/C8H13NO2/c1-2-3-6-4-9-8(11)7(6)5-10/h5-7H,2-4H2,1H3,(H,9,11)/t6-,7?/m0/s1. The van der Waals surface area contributed by atoms with E-state index in [1.54, 1.807) is 0 Å². The van der Waals surface area contributed by atoms with E-state index in [0.29, 0.717) is 6.54 Å². The molecular weight excluding hydrogens is 142 g/mol. The summed E-state index contributed by atoms with van der Waals surface area (Å²) in [5.74, 6) is -0.238. The maximum Gasteiger partial charge on any atom is 0.230 e. The average molecular weight is 155 g/mol. The molecule has 11 heavy (non-hydrogen) atoms. The molecule has 1 aliphatic heterocycles. The Morgan fingerprint density at radius 1 is 1.73 bits per heavy atom. The monoisotopic (exact) mass is 155 g/mol. The molecule has 0 spiro atoms. The van der Waals surface area contributed by atoms with E-state index in [9.17, 15) is 9.59 Å². The zero-order chi connectivity index (χ0) is 8.27. The van der Waals surface area contributed by atoms with Crippen molar-refractivity contribution in [3.05, 3.63) is 0 Å². The van der Waals surface area contributed by atoms with Gasteiger partial charge in [-0.3, -0.25) is 4.79 Å². The smallest absolute Gasteiger partial charge is 0.230 e. The third-order valence-corrected chi connectivity index (χ3v) is 2.16. The van der Waals surface area contributed by atoms with Crippen LogP contribution < -0.4 is 5.32 Å². The van der Waals surface area contributed by atoms with Crippen molar-refractivity contribution in [1.29, 1.82) is 0 Å². The van der Waals surface area contributed by atoms with Crippen LogP contribution in [0.1, 0.15) is 19.8 Å². The summed E-state index contributed by atoms with van der Waals surface area (Å²) >= 11 is 0. The lowest BCUT2D eigenvalue weighted by molar-refractivity contribution is -0.127. The second-order valence-electron chi connectivity index (χ2n) is 2.96. The predicted octanol–water partition coefficient (Wildman–Crippen LogP) is 0.348. The van der Waals surface area contributed by atoms with Gasteiger partial charge in [0.2, 0.25) is 5.91 Å². The third-order valence-electron chi connectivity index (χ3n) is 2.16. The highest BCUT2D eigenvalue weighted by atomic mass is 16.2. The van der Waals surface area contributed by atoms with Crippen LogP contribution in [-0.2, 0) is 9.59 Å². The van der Waals surface area contributed by atoms with Gasteiger partial charge in [-0.05, 0) is 12.3 Å². The van der Waals surface area contributed by atoms with Gasteiger partial charge in [-0.2, -0.15) is 0 Å². The van der Waals surface area contributed by atoms with Crippen molar-refractivity contribution >= 4 is 12.2 Å². The molecule has 62 valence electrons. The van der Waals surface area contributed by atoms with Gasteiger partial charge in [-0.15, -0.1) is 0 Å². The normalized spacial score (nSPS) is 30.1. The van der Waals surface area contributed by atoms with E-state index < -0.39 is 0 Å². The van der Waals surface area contributed by atoms with Gasteiger partial charge >= 0.3 is 0 Å². The summed E-state index contributed by atoms with van der Waals surface area (Å²) in [4.78, 5) is 21.4. The molecule has 2 atom stereocenters. The van der Waals surface area contributed by atoms with Crippen LogP contribution in [0.15, 0.2) is 0 Å². The summed E-state index contributed by atoms with van der Waals surface area (Å²) in [5.41, 5.74) is 0. The van der Waals surface area contributed by atoms with Crippen molar-refractivity contribution in [2.24, 2.45) is 11.8 Å². The first-order chi connectivity index (χ1) is 5.29. The van der Waals surface area contributed by atoms with Crippen LogP contribution in [-0.4, -0.2) is 18.7 Å². The van der Waals surface area contributed by atoms with Gasteiger partial charge in [0.1, 0.15) is 6.29 Å². The molecule has 3 nitrogen and oxygen atoms in total. The Balaban J connectivity index is 2.53. The molecule has 1 rings (SSSR count). The Morgan fingerprint density at radius 3 is 3.00 bits per heavy atom. The fraction of sp³-hybridized carbons (Fsp3) is 0.750. The minimum Gasteiger partial charge on any atom is -0.355 e. The number of aldehydes is 1. The molecule has 0 saturated carbocycles. The number of carbonyl (C=O) groups is 2. The van der Waals surface area contributed by atoms with Crippen molar-refractivity contribution in [2.75, 3.05) is 6.54 Å². The third kappa shape index (κ3) is 1.59. The van der Waals surface area contributed by atoms with Crippen molar-refractivity contribution in [2.45, 2.75) is 19.8 Å². The molecule has 0 bridgehead atoms. The van der Waals surface area contributed by atoms with Crippen LogP contribution >= 0.6 is 0 Å². The number of hydrogen-bond donors (Lipinski definition) is 1. The van der Waals surface area contributed by atoms with E-state index in [2.05, 4.69) is 12.2 Å². The molecule has 1 heterocycles. The first-order valence-electron chi connectivity index (χ1n) is 4.02. The summed E-state index contributed by atoms with van der Waals surface area (Å²) in [6.45, 7) is 2.74. The van der Waals surface area contributed by atoms with Crippen LogP contribution in [0.5, 0.6) is 0 Å². The lowest BCUT2D eigenvalue weighted by Gasteiger charge is -2.08. The topological polar surface area (TPSA) is 46.2 Å². The maximum atomic E-state index is 10.9. The fourth-order valence-electron chi connectivity index (χ4n) is 1.52. The highest BCUT2D eigenvalue weighted by Gasteiger charge is 2.33. The van der Waals surface area contributed by atoms with E-state index >= 15 is 0 Å². The van der Waals surface area contributed by atoms with Crippen LogP contribution in [0.25, 0.3) is 0 Å². The van der Waals surface area contributed by atoms with Crippen molar-refractivity contribution in [1.82, 2.24) is 5.32 Å². The maximum absolute atomic E-state index is 10.9. The summed E-state index contributed by atoms with van der Waals surface area (Å²) in [6, 6.07) is 0. The van der Waals surface area contributed by atoms with E-state index in [1.807, 2.05) is 0 Å². The van der Waals surface area contributed by atoms with Crippen LogP contribution in [0.2, 0.25) is 0 Å². The van der Waals surface area contributed by atoms with Gasteiger partial charge in [-0.1, -0.05) is 13.3 Å². The fourth-order valence-corrected chi connectivity index (χ4v) is 1.52. The molecule has 1 fully saturated rings. The number of nitrogens with one attached hydrogen (secondary N) is 1. The van der Waals surface area contributed by atoms with Gasteiger partial charge in [0.15, 0.2) is 0 Å². The Kier molecular flexibility index (Phi) is 2.63. The summed E-state index contributed by atoms with van der Waals surface area (Å²) in [6.07, 6.45) is 2.76. The highest BCUT2D eigenvalue weighted by molar-refractivity contribution is 5.93. The molecular formula is C8H13NO2. The first kappa shape index (κ1) is 8.24. The van der Waals surface area contributed by atoms with Crippen molar-refractivity contribution < 1.29 is 9.59 Å². The van der Waals surface area contributed by atoms with E-state index in [4.69, 9.17) is 0 Å². The van der Waals surface area contributed by atoms with Gasteiger partial charge < -0.3 is 10.1 Å². The van der Waals surface area contributed by atoms with E-state index in [0.717, 1.165) is 19.1 Å². The SMILES string of the molecule is CCC[C@H]1CNC(=O)C1C=O. The first-order valence-corrected chi connectivity index (χ1v) is 4.02. The minimum absolute atomic E-state index is 0.0987. The molecule has 0 aromatic rings. The van der Waals surface area contributed by atoms with Crippen molar-refractivity contribution in [3.63, 3.8) is 0 Å². The summed E-state index contributed by atoms with van der Waals surface area (Å²) in [7, 11) is 0. The van der Waals surface area contributed by atoms with Gasteiger partial charge in [0.05, 0.1) is 5.92 Å². The van der Waals surface area contributed by atoms with Crippen LogP contribution in [0, 0.1) is 11.8 Å². The van der Waals surface area contributed by atoms with Crippen molar-refractivity contribution in [3.8, 4) is 0 Å². The second kappa shape index (κ2) is 3.51. The highest BCUT2D eigenvalue weighted by Crippen LogP contribution is 2.20. The van der Waals surface area contributed by atoms with E-state index in [-0.39, 0.29) is 17.7 Å². The molecule has 0 radical (unpaired) electrons. The summed E-state index contributed by atoms with van der Waals surface area (Å²) in [5, 5.41) is 2.69. The zero-order valence-electron chi connectivity index (χ0n) is 6.67. The second-order valence-corrected chi connectivity index (χ2v) is 2.96. The number of rotatable bonds is 3. The lowest BCUT2D eigenvalue weighted by Crippen LogP contribution is -2.20. The number of carbonyl (C=O) groups excluding carboxylic acids is 2. The Labute approximate surface area is 66.2 Å². The minimum atomic E-state index is -0.380. The Bertz CT molecular complexity index is 167. The molecule has 3 heteroatoms. The quantitative estimate of drug-likeness (QED) is 0.472. The summed E-state index contributed by atoms with van der Waals surface area (Å²) < 4.78 is 0. The molecule has 0 aromatic heterocycles. The van der Waals surface area contributed by atoms with Gasteiger partial charge in [0, 0.05) is 6.54 Å². The molecule has 0 aliphatic carbocycles. The number of amides is 1. The zero-order valence-corrected chi connectivity index (χ0v) is 6.67.